The molecule has 2 heterocycles. The van der Waals surface area contributed by atoms with Gasteiger partial charge in [-0.05, 0) is 43.4 Å². The van der Waals surface area contributed by atoms with Gasteiger partial charge < -0.3 is 4.90 Å². The third kappa shape index (κ3) is 3.46. The molecule has 1 amide bonds. The molecule has 0 N–H and O–H groups in total. The molecule has 0 saturated carbocycles. The van der Waals surface area contributed by atoms with Crippen LogP contribution in [-0.4, -0.2) is 53.7 Å². The molecule has 0 spiro atoms. The number of nitrogens with zero attached hydrogens (tertiary/aromatic N) is 2. The number of thiophene rings is 1. The monoisotopic (exact) mass is 368 g/mol. The normalized spacial score (nSPS) is 18.6. The Balaban J connectivity index is 1.39. The van der Waals surface area contributed by atoms with Gasteiger partial charge in [-0.15, -0.1) is 11.3 Å². The van der Waals surface area contributed by atoms with Gasteiger partial charge in [-0.2, -0.15) is 0 Å². The van der Waals surface area contributed by atoms with Crippen molar-refractivity contribution < 1.29 is 9.59 Å². The predicted molar refractivity (Wildman–Crippen MR) is 104 cm³/mol. The molecule has 0 radical (unpaired) electrons. The standard InChI is InChI=1S/C21H24N2O2S/c1-15(24)20-13-18(14-26-20)21(25)23-8-4-7-22(9-10-23)19-11-16-5-2-3-6-17(16)12-19/h2-3,5-6,13-14,19H,4,7-12H2,1H3. The molecule has 1 saturated heterocycles. The first-order valence-electron chi connectivity index (χ1n) is 9.31. The highest BCUT2D eigenvalue weighted by Gasteiger charge is 2.29. The average Bonchev–Trinajstić information content (AvgIpc) is 3.22. The Kier molecular flexibility index (Phi) is 4.92. The number of ketones is 1. The van der Waals surface area contributed by atoms with E-state index in [1.165, 1.54) is 22.5 Å². The van der Waals surface area contributed by atoms with Crippen molar-refractivity contribution in [3.05, 3.63) is 57.3 Å². The van der Waals surface area contributed by atoms with E-state index in [1.807, 2.05) is 10.3 Å². The SMILES string of the molecule is CC(=O)c1cc(C(=O)N2CCCN(C3Cc4ccccc4C3)CC2)cs1. The van der Waals surface area contributed by atoms with Gasteiger partial charge in [-0.1, -0.05) is 24.3 Å². The lowest BCUT2D eigenvalue weighted by atomic mass is 10.1. The molecule has 136 valence electrons. The van der Waals surface area contributed by atoms with Crippen molar-refractivity contribution >= 4 is 23.0 Å². The number of hydrogen-bond acceptors (Lipinski definition) is 4. The molecule has 1 aliphatic heterocycles. The summed E-state index contributed by atoms with van der Waals surface area (Å²) in [6.07, 6.45) is 3.25. The lowest BCUT2D eigenvalue weighted by Crippen LogP contribution is -2.40. The van der Waals surface area contributed by atoms with Gasteiger partial charge in [0.15, 0.2) is 5.78 Å². The number of Topliss-reactive ketones (excluding diaryl/α,β-unsaturated/α-hetero) is 1. The minimum Gasteiger partial charge on any atom is -0.337 e. The predicted octanol–water partition coefficient (Wildman–Crippen LogP) is 3.27. The molecule has 1 aromatic carbocycles. The maximum atomic E-state index is 12.8. The second-order valence-electron chi connectivity index (χ2n) is 7.27. The number of amides is 1. The molecule has 5 heteroatoms. The van der Waals surface area contributed by atoms with E-state index in [4.69, 9.17) is 0 Å². The maximum absolute atomic E-state index is 12.8. The fraction of sp³-hybridized carbons (Fsp3) is 0.429. The van der Waals surface area contributed by atoms with Crippen LogP contribution in [0, 0.1) is 0 Å². The number of benzene rings is 1. The van der Waals surface area contributed by atoms with Gasteiger partial charge in [-0.25, -0.2) is 0 Å². The lowest BCUT2D eigenvalue weighted by Gasteiger charge is -2.27. The third-order valence-corrected chi connectivity index (χ3v) is 6.59. The van der Waals surface area contributed by atoms with Gasteiger partial charge in [0.25, 0.3) is 5.91 Å². The van der Waals surface area contributed by atoms with Crippen LogP contribution < -0.4 is 0 Å². The van der Waals surface area contributed by atoms with E-state index in [0.717, 1.165) is 45.4 Å². The van der Waals surface area contributed by atoms with E-state index in [1.54, 1.807) is 13.0 Å². The van der Waals surface area contributed by atoms with Crippen LogP contribution in [0.4, 0.5) is 0 Å². The van der Waals surface area contributed by atoms with Crippen molar-refractivity contribution in [2.24, 2.45) is 0 Å². The highest BCUT2D eigenvalue weighted by atomic mass is 32.1. The Bertz CT molecular complexity index is 804. The zero-order valence-electron chi connectivity index (χ0n) is 15.1. The van der Waals surface area contributed by atoms with Crippen LogP contribution in [0.25, 0.3) is 0 Å². The zero-order valence-corrected chi connectivity index (χ0v) is 15.9. The first kappa shape index (κ1) is 17.4. The summed E-state index contributed by atoms with van der Waals surface area (Å²) in [6.45, 7) is 5.07. The molecule has 0 bridgehead atoms. The van der Waals surface area contributed by atoms with Gasteiger partial charge in [0.05, 0.1) is 10.4 Å². The zero-order chi connectivity index (χ0) is 18.1. The van der Waals surface area contributed by atoms with E-state index >= 15 is 0 Å². The molecule has 26 heavy (non-hydrogen) atoms. The molecule has 0 atom stereocenters. The Morgan fingerprint density at radius 1 is 1.04 bits per heavy atom. The van der Waals surface area contributed by atoms with Crippen LogP contribution in [0.5, 0.6) is 0 Å². The number of hydrogen-bond donors (Lipinski definition) is 0. The number of rotatable bonds is 3. The summed E-state index contributed by atoms with van der Waals surface area (Å²) >= 11 is 1.36. The van der Waals surface area contributed by atoms with Crippen LogP contribution in [-0.2, 0) is 12.8 Å². The summed E-state index contributed by atoms with van der Waals surface area (Å²) in [6, 6.07) is 11.0. The van der Waals surface area contributed by atoms with Crippen molar-refractivity contribution in [2.75, 3.05) is 26.2 Å². The third-order valence-electron chi connectivity index (χ3n) is 5.56. The molecule has 1 aliphatic carbocycles. The molecule has 4 rings (SSSR count). The van der Waals surface area contributed by atoms with Gasteiger partial charge in [0.1, 0.15) is 0 Å². The van der Waals surface area contributed by atoms with E-state index in [9.17, 15) is 9.59 Å². The second-order valence-corrected chi connectivity index (χ2v) is 8.18. The summed E-state index contributed by atoms with van der Waals surface area (Å²) in [4.78, 5) is 29.4. The summed E-state index contributed by atoms with van der Waals surface area (Å²) < 4.78 is 0. The molecule has 1 aromatic heterocycles. The minimum atomic E-state index is 0.0249. The van der Waals surface area contributed by atoms with Crippen LogP contribution in [0.2, 0.25) is 0 Å². The molecule has 0 unspecified atom stereocenters. The van der Waals surface area contributed by atoms with Gasteiger partial charge in [0, 0.05) is 37.6 Å². The number of carbonyl (C=O) groups is 2. The first-order chi connectivity index (χ1) is 12.6. The quantitative estimate of drug-likeness (QED) is 0.781. The molecule has 4 nitrogen and oxygen atoms in total. The molecule has 2 aliphatic rings. The molecule has 2 aromatic rings. The Labute approximate surface area is 158 Å². The van der Waals surface area contributed by atoms with Gasteiger partial charge >= 0.3 is 0 Å². The van der Waals surface area contributed by atoms with Crippen molar-refractivity contribution in [1.82, 2.24) is 9.80 Å². The van der Waals surface area contributed by atoms with Crippen molar-refractivity contribution in [3.63, 3.8) is 0 Å². The first-order valence-corrected chi connectivity index (χ1v) is 10.2. The summed E-state index contributed by atoms with van der Waals surface area (Å²) in [5.41, 5.74) is 3.61. The van der Waals surface area contributed by atoms with Crippen LogP contribution in [0.15, 0.2) is 35.7 Å². The Morgan fingerprint density at radius 2 is 1.77 bits per heavy atom. The van der Waals surface area contributed by atoms with E-state index < -0.39 is 0 Å². The fourth-order valence-corrected chi connectivity index (χ4v) is 4.90. The highest BCUT2D eigenvalue weighted by Crippen LogP contribution is 2.26. The lowest BCUT2D eigenvalue weighted by molar-refractivity contribution is 0.0759. The molecule has 1 fully saturated rings. The topological polar surface area (TPSA) is 40.6 Å². The summed E-state index contributed by atoms with van der Waals surface area (Å²) in [5.74, 6) is 0.0854. The second kappa shape index (κ2) is 7.33. The smallest absolute Gasteiger partial charge is 0.254 e. The highest BCUT2D eigenvalue weighted by molar-refractivity contribution is 7.12. The van der Waals surface area contributed by atoms with Crippen molar-refractivity contribution in [1.29, 1.82) is 0 Å². The fourth-order valence-electron chi connectivity index (χ4n) is 4.12. The summed E-state index contributed by atoms with van der Waals surface area (Å²) in [5, 5.41) is 1.81. The minimum absolute atomic E-state index is 0.0249. The largest absolute Gasteiger partial charge is 0.337 e. The van der Waals surface area contributed by atoms with Gasteiger partial charge in [-0.3, -0.25) is 14.5 Å². The average molecular weight is 369 g/mol. The van der Waals surface area contributed by atoms with Crippen LogP contribution in [0.1, 0.15) is 44.5 Å². The molecular formula is C21H24N2O2S. The maximum Gasteiger partial charge on any atom is 0.254 e. The van der Waals surface area contributed by atoms with Crippen molar-refractivity contribution in [2.45, 2.75) is 32.2 Å². The summed E-state index contributed by atoms with van der Waals surface area (Å²) in [7, 11) is 0. The number of carbonyl (C=O) groups excluding carboxylic acids is 2. The van der Waals surface area contributed by atoms with E-state index in [2.05, 4.69) is 29.2 Å². The van der Waals surface area contributed by atoms with Crippen molar-refractivity contribution in [3.8, 4) is 0 Å². The molecular weight excluding hydrogens is 344 g/mol. The van der Waals surface area contributed by atoms with E-state index in [-0.39, 0.29) is 11.7 Å². The van der Waals surface area contributed by atoms with Crippen LogP contribution >= 0.6 is 11.3 Å². The van der Waals surface area contributed by atoms with E-state index in [0.29, 0.717) is 16.5 Å². The Hall–Kier alpha value is -1.98. The number of fused-ring (bicyclic) bond motifs is 1. The van der Waals surface area contributed by atoms with Crippen LogP contribution in [0.3, 0.4) is 0 Å². The Morgan fingerprint density at radius 3 is 2.42 bits per heavy atom. The van der Waals surface area contributed by atoms with Gasteiger partial charge in [0.2, 0.25) is 0 Å².